The van der Waals surface area contributed by atoms with Gasteiger partial charge in [-0.05, 0) is 54.4 Å². The summed E-state index contributed by atoms with van der Waals surface area (Å²) in [5.74, 6) is -0.252. The van der Waals surface area contributed by atoms with Gasteiger partial charge in [0.25, 0.3) is 5.91 Å². The van der Waals surface area contributed by atoms with Crippen molar-refractivity contribution in [1.29, 1.82) is 0 Å². The normalized spacial score (nSPS) is 11.1. The Morgan fingerprint density at radius 1 is 0.861 bits per heavy atom. The van der Waals surface area contributed by atoms with Crippen molar-refractivity contribution in [3.05, 3.63) is 114 Å². The van der Waals surface area contributed by atoms with Crippen LogP contribution in [-0.4, -0.2) is 28.0 Å². The van der Waals surface area contributed by atoms with E-state index in [9.17, 15) is 13.2 Å². The van der Waals surface area contributed by atoms with E-state index in [1.807, 2.05) is 84.9 Å². The maximum atomic E-state index is 13.1. The highest BCUT2D eigenvalue weighted by Gasteiger charge is 2.22. The number of hydrogen-bond donors (Lipinski definition) is 2. The monoisotopic (exact) mass is 518 g/mol. The van der Waals surface area contributed by atoms with Gasteiger partial charge in [-0.2, -0.15) is 0 Å². The first kappa shape index (κ1) is 25.5. The fourth-order valence-corrected chi connectivity index (χ4v) is 5.70. The first-order valence-corrected chi connectivity index (χ1v) is 13.6. The van der Waals surface area contributed by atoms with Crippen molar-refractivity contribution < 1.29 is 17.9 Å². The summed E-state index contributed by atoms with van der Waals surface area (Å²) in [5, 5.41) is 2.91. The molecule has 6 nitrogen and oxygen atoms in total. The van der Waals surface area contributed by atoms with Gasteiger partial charge in [0, 0.05) is 21.9 Å². The minimum absolute atomic E-state index is 0.0855. The zero-order chi connectivity index (χ0) is 25.4. The smallest absolute Gasteiger partial charge is 0.255 e. The fraction of sp³-hybridized carbons (Fsp3) is 0.107. The summed E-state index contributed by atoms with van der Waals surface area (Å²) in [6.45, 7) is 0.218. The lowest BCUT2D eigenvalue weighted by Crippen LogP contribution is -2.27. The molecule has 0 radical (unpaired) electrons. The number of nitrogens with one attached hydrogen (secondary N) is 2. The van der Waals surface area contributed by atoms with Crippen LogP contribution in [0.1, 0.15) is 15.9 Å². The van der Waals surface area contributed by atoms with E-state index < -0.39 is 15.9 Å². The first-order chi connectivity index (χ1) is 17.5. The number of carbonyl (C=O) groups is 1. The van der Waals surface area contributed by atoms with Crippen LogP contribution in [0.4, 0.5) is 5.69 Å². The van der Waals surface area contributed by atoms with Gasteiger partial charge >= 0.3 is 0 Å². The third-order valence-corrected chi connectivity index (χ3v) is 7.94. The Hall–Kier alpha value is -3.59. The van der Waals surface area contributed by atoms with Gasteiger partial charge in [-0.3, -0.25) is 4.79 Å². The Kier molecular flexibility index (Phi) is 8.43. The van der Waals surface area contributed by atoms with Crippen molar-refractivity contribution in [2.75, 3.05) is 19.0 Å². The lowest BCUT2D eigenvalue weighted by atomic mass is 10.2. The summed E-state index contributed by atoms with van der Waals surface area (Å²) in [7, 11) is -2.51. The molecule has 4 aromatic rings. The van der Waals surface area contributed by atoms with Crippen molar-refractivity contribution in [2.24, 2.45) is 0 Å². The minimum Gasteiger partial charge on any atom is -0.495 e. The van der Waals surface area contributed by atoms with Crippen molar-refractivity contribution in [1.82, 2.24) is 4.72 Å². The second-order valence-electron chi connectivity index (χ2n) is 7.86. The third kappa shape index (κ3) is 6.54. The largest absolute Gasteiger partial charge is 0.495 e. The molecule has 0 spiro atoms. The predicted molar refractivity (Wildman–Crippen MR) is 143 cm³/mol. The molecule has 0 unspecified atom stereocenters. The van der Waals surface area contributed by atoms with Crippen molar-refractivity contribution >= 4 is 33.4 Å². The molecular weight excluding hydrogens is 492 g/mol. The number of methoxy groups -OCH3 is 1. The molecule has 0 bridgehead atoms. The summed E-state index contributed by atoms with van der Waals surface area (Å²) < 4.78 is 34.0. The lowest BCUT2D eigenvalue weighted by Gasteiger charge is -2.14. The van der Waals surface area contributed by atoms with Crippen molar-refractivity contribution in [3.63, 3.8) is 0 Å². The average molecular weight is 519 g/mol. The molecule has 0 aliphatic carbocycles. The minimum atomic E-state index is -3.91. The Bertz CT molecular complexity index is 1430. The van der Waals surface area contributed by atoms with E-state index in [2.05, 4.69) is 10.0 Å². The van der Waals surface area contributed by atoms with E-state index in [0.717, 1.165) is 15.4 Å². The first-order valence-electron chi connectivity index (χ1n) is 11.3. The topological polar surface area (TPSA) is 84.5 Å². The Morgan fingerprint density at radius 3 is 2.25 bits per heavy atom. The Balaban J connectivity index is 1.52. The van der Waals surface area contributed by atoms with Gasteiger partial charge < -0.3 is 10.1 Å². The average Bonchev–Trinajstić information content (AvgIpc) is 2.90. The van der Waals surface area contributed by atoms with Crippen molar-refractivity contribution in [2.45, 2.75) is 21.1 Å². The zero-order valence-electron chi connectivity index (χ0n) is 19.7. The number of rotatable bonds is 10. The highest BCUT2D eigenvalue weighted by Crippen LogP contribution is 2.33. The van der Waals surface area contributed by atoms with E-state index in [4.69, 9.17) is 4.74 Å². The molecule has 4 rings (SSSR count). The summed E-state index contributed by atoms with van der Waals surface area (Å²) >= 11 is 1.53. The molecule has 36 heavy (non-hydrogen) atoms. The lowest BCUT2D eigenvalue weighted by molar-refractivity contribution is 0.102. The highest BCUT2D eigenvalue weighted by molar-refractivity contribution is 7.99. The van der Waals surface area contributed by atoms with Crippen LogP contribution < -0.4 is 14.8 Å². The SMILES string of the molecule is COc1ccc(C(=O)Nc2ccccc2Sc2ccccc2)cc1S(=O)(=O)NCCc1ccccc1. The Morgan fingerprint density at radius 2 is 1.53 bits per heavy atom. The second-order valence-corrected chi connectivity index (χ2v) is 10.7. The predicted octanol–water partition coefficient (Wildman–Crippen LogP) is 5.62. The maximum absolute atomic E-state index is 13.1. The van der Waals surface area contributed by atoms with E-state index >= 15 is 0 Å². The number of anilines is 1. The van der Waals surface area contributed by atoms with E-state index in [1.54, 1.807) is 6.07 Å². The standard InChI is InChI=1S/C28H26N2O4S2/c1-34-25-17-16-22(20-27(25)36(32,33)29-19-18-21-10-4-2-5-11-21)28(31)30-24-14-8-9-15-26(24)35-23-12-6-3-7-13-23/h2-17,20,29H,18-19H2,1H3,(H,30,31). The van der Waals surface area contributed by atoms with Crippen LogP contribution >= 0.6 is 11.8 Å². The van der Waals surface area contributed by atoms with Gasteiger partial charge in [0.15, 0.2) is 0 Å². The van der Waals surface area contributed by atoms with E-state index in [1.165, 1.54) is 31.0 Å². The molecule has 0 aliphatic heterocycles. The van der Waals surface area contributed by atoms with Gasteiger partial charge in [-0.1, -0.05) is 72.4 Å². The molecule has 0 aromatic heterocycles. The number of benzene rings is 4. The van der Waals surface area contributed by atoms with Crippen LogP contribution in [-0.2, 0) is 16.4 Å². The molecule has 184 valence electrons. The van der Waals surface area contributed by atoms with Crippen LogP contribution in [0.15, 0.2) is 118 Å². The molecule has 1 amide bonds. The third-order valence-electron chi connectivity index (χ3n) is 5.37. The van der Waals surface area contributed by atoms with Crippen molar-refractivity contribution in [3.8, 4) is 5.75 Å². The highest BCUT2D eigenvalue weighted by atomic mass is 32.2. The molecule has 8 heteroatoms. The van der Waals surface area contributed by atoms with Crippen LogP contribution in [0.3, 0.4) is 0 Å². The van der Waals surface area contributed by atoms with Crippen LogP contribution in [0.25, 0.3) is 0 Å². The van der Waals surface area contributed by atoms with Gasteiger partial charge in [0.2, 0.25) is 10.0 Å². The Labute approximate surface area is 215 Å². The summed E-state index contributed by atoms with van der Waals surface area (Å²) in [4.78, 5) is 15.0. The van der Waals surface area contributed by atoms with E-state index in [0.29, 0.717) is 12.1 Å². The molecule has 0 heterocycles. The zero-order valence-corrected chi connectivity index (χ0v) is 21.3. The molecule has 0 fully saturated rings. The van der Waals surface area contributed by atoms with Gasteiger partial charge in [-0.25, -0.2) is 13.1 Å². The van der Waals surface area contributed by atoms with Crippen LogP contribution in [0.5, 0.6) is 5.75 Å². The number of hydrogen-bond acceptors (Lipinski definition) is 5. The molecule has 0 saturated carbocycles. The summed E-state index contributed by atoms with van der Waals surface area (Å²) in [5.41, 5.74) is 1.86. The number of ether oxygens (including phenoxy) is 1. The number of carbonyl (C=O) groups excluding carboxylic acids is 1. The summed E-state index contributed by atoms with van der Waals surface area (Å²) in [6, 6.07) is 31.3. The van der Waals surface area contributed by atoms with Crippen LogP contribution in [0, 0.1) is 0 Å². The second kappa shape index (κ2) is 11.9. The van der Waals surface area contributed by atoms with E-state index in [-0.39, 0.29) is 22.8 Å². The quantitative estimate of drug-likeness (QED) is 0.285. The number of sulfonamides is 1. The number of amides is 1. The molecule has 0 aliphatic rings. The molecule has 4 aromatic carbocycles. The molecular formula is C28H26N2O4S2. The maximum Gasteiger partial charge on any atom is 0.255 e. The van der Waals surface area contributed by atoms with Gasteiger partial charge in [0.1, 0.15) is 10.6 Å². The number of para-hydroxylation sites is 1. The summed E-state index contributed by atoms with van der Waals surface area (Å²) in [6.07, 6.45) is 0.540. The molecule has 2 N–H and O–H groups in total. The molecule has 0 saturated heterocycles. The molecule has 0 atom stereocenters. The van der Waals surface area contributed by atoms with Gasteiger partial charge in [-0.15, -0.1) is 0 Å². The fourth-order valence-electron chi connectivity index (χ4n) is 3.55. The van der Waals surface area contributed by atoms with Crippen LogP contribution in [0.2, 0.25) is 0 Å². The van der Waals surface area contributed by atoms with Gasteiger partial charge in [0.05, 0.1) is 12.8 Å².